The van der Waals surface area contributed by atoms with Crippen molar-refractivity contribution in [1.82, 2.24) is 0 Å². The summed E-state index contributed by atoms with van der Waals surface area (Å²) in [5.41, 5.74) is 0.263. The van der Waals surface area contributed by atoms with Crippen LogP contribution < -0.4 is 0 Å². The van der Waals surface area contributed by atoms with Gasteiger partial charge in [0.15, 0.2) is 8.32 Å². The van der Waals surface area contributed by atoms with Crippen molar-refractivity contribution in [3.8, 4) is 0 Å². The summed E-state index contributed by atoms with van der Waals surface area (Å²) in [6, 6.07) is 14.5. The number of esters is 1. The molecule has 2 aromatic carbocycles. The van der Waals surface area contributed by atoms with Gasteiger partial charge < -0.3 is 9.16 Å². The first kappa shape index (κ1) is 17.7. The fraction of sp³-hybridized carbons (Fsp3) is 0.421. The third kappa shape index (κ3) is 4.01. The molecule has 0 aromatic heterocycles. The molecule has 0 heterocycles. The van der Waals surface area contributed by atoms with Gasteiger partial charge >= 0.3 is 5.97 Å². The number of methoxy groups -OCH3 is 1. The molecule has 0 spiro atoms. The van der Waals surface area contributed by atoms with Gasteiger partial charge in [0, 0.05) is 0 Å². The summed E-state index contributed by atoms with van der Waals surface area (Å²) >= 11 is 0. The molecule has 0 bridgehead atoms. The van der Waals surface area contributed by atoms with Gasteiger partial charge in [-0.1, -0.05) is 36.4 Å². The molecule has 0 unspecified atom stereocenters. The monoisotopic (exact) mass is 330 g/mol. The van der Waals surface area contributed by atoms with E-state index in [-0.39, 0.29) is 12.1 Å². The summed E-state index contributed by atoms with van der Waals surface area (Å²) in [4.78, 5) is 12.3. The molecule has 2 rings (SSSR count). The highest BCUT2D eigenvalue weighted by atomic mass is 28.4. The van der Waals surface area contributed by atoms with Crippen LogP contribution in [-0.4, -0.2) is 21.4 Å². The highest BCUT2D eigenvalue weighted by Gasteiger charge is 2.42. The third-order valence-corrected chi connectivity index (χ3v) is 4.86. The molecule has 0 saturated carbocycles. The average molecular weight is 330 g/mol. The molecule has 0 aliphatic heterocycles. The first-order valence-electron chi connectivity index (χ1n) is 7.90. The normalized spacial score (nSPS) is 13.8. The van der Waals surface area contributed by atoms with E-state index in [1.165, 1.54) is 12.5 Å². The van der Waals surface area contributed by atoms with Gasteiger partial charge in [0.25, 0.3) is 0 Å². The molecule has 0 amide bonds. The van der Waals surface area contributed by atoms with E-state index in [0.29, 0.717) is 0 Å². The van der Waals surface area contributed by atoms with Crippen molar-refractivity contribution in [3.63, 3.8) is 0 Å². The van der Waals surface area contributed by atoms with Crippen LogP contribution in [0.25, 0.3) is 10.8 Å². The van der Waals surface area contributed by atoms with Crippen LogP contribution in [0.5, 0.6) is 0 Å². The number of fused-ring (bicyclic) bond motifs is 1. The van der Waals surface area contributed by atoms with Crippen LogP contribution in [0.1, 0.15) is 25.5 Å². The maximum absolute atomic E-state index is 12.3. The summed E-state index contributed by atoms with van der Waals surface area (Å²) in [6.45, 7) is 10.2. The van der Waals surface area contributed by atoms with E-state index in [0.717, 1.165) is 10.9 Å². The van der Waals surface area contributed by atoms with Crippen LogP contribution in [0, 0.1) is 5.41 Å². The SMILES string of the molecule is COC(=O)C(C)(C)[C@@H](O[Si](C)(C)C)c1ccc2ccccc2c1. The summed E-state index contributed by atoms with van der Waals surface area (Å²) in [7, 11) is -0.420. The van der Waals surface area contributed by atoms with Gasteiger partial charge in [-0.25, -0.2) is 0 Å². The molecule has 124 valence electrons. The second-order valence-electron chi connectivity index (χ2n) is 7.43. The van der Waals surface area contributed by atoms with Crippen LogP contribution in [0.4, 0.5) is 0 Å². The maximum atomic E-state index is 12.3. The predicted molar refractivity (Wildman–Crippen MR) is 96.9 cm³/mol. The van der Waals surface area contributed by atoms with E-state index in [1.807, 2.05) is 26.0 Å². The lowest BCUT2D eigenvalue weighted by Crippen LogP contribution is -2.39. The van der Waals surface area contributed by atoms with Gasteiger partial charge in [-0.3, -0.25) is 4.79 Å². The molecule has 0 N–H and O–H groups in total. The topological polar surface area (TPSA) is 35.5 Å². The van der Waals surface area contributed by atoms with Crippen LogP contribution >= 0.6 is 0 Å². The van der Waals surface area contributed by atoms with Gasteiger partial charge in [-0.15, -0.1) is 0 Å². The molecule has 4 heteroatoms. The van der Waals surface area contributed by atoms with E-state index >= 15 is 0 Å². The fourth-order valence-electron chi connectivity index (χ4n) is 2.73. The Morgan fingerprint density at radius 2 is 1.65 bits per heavy atom. The molecular formula is C19H26O3Si. The van der Waals surface area contributed by atoms with Crippen molar-refractivity contribution in [3.05, 3.63) is 48.0 Å². The lowest BCUT2D eigenvalue weighted by molar-refractivity contribution is -0.156. The van der Waals surface area contributed by atoms with Crippen molar-refractivity contribution in [2.45, 2.75) is 39.6 Å². The van der Waals surface area contributed by atoms with Crippen molar-refractivity contribution < 1.29 is 14.0 Å². The summed E-state index contributed by atoms with van der Waals surface area (Å²) < 4.78 is 11.4. The number of hydrogen-bond acceptors (Lipinski definition) is 3. The Morgan fingerprint density at radius 1 is 1.04 bits per heavy atom. The van der Waals surface area contributed by atoms with E-state index in [9.17, 15) is 4.79 Å². The van der Waals surface area contributed by atoms with Crippen LogP contribution in [0.2, 0.25) is 19.6 Å². The average Bonchev–Trinajstić information content (AvgIpc) is 2.50. The van der Waals surface area contributed by atoms with Gasteiger partial charge in [-0.2, -0.15) is 0 Å². The lowest BCUT2D eigenvalue weighted by Gasteiger charge is -2.36. The molecule has 3 nitrogen and oxygen atoms in total. The maximum Gasteiger partial charge on any atom is 0.314 e. The highest BCUT2D eigenvalue weighted by Crippen LogP contribution is 2.40. The van der Waals surface area contributed by atoms with Crippen molar-refractivity contribution in [2.75, 3.05) is 7.11 Å². The Morgan fingerprint density at radius 3 is 2.22 bits per heavy atom. The minimum atomic E-state index is -1.85. The fourth-order valence-corrected chi connectivity index (χ4v) is 3.86. The predicted octanol–water partition coefficient (Wildman–Crippen LogP) is 4.93. The number of carbonyl (C=O) groups excluding carboxylic acids is 1. The van der Waals surface area contributed by atoms with Crippen molar-refractivity contribution >= 4 is 25.1 Å². The second-order valence-corrected chi connectivity index (χ2v) is 11.9. The molecule has 23 heavy (non-hydrogen) atoms. The molecule has 0 aliphatic carbocycles. The standard InChI is InChI=1S/C19H26O3Si/c1-19(2,18(20)21-3)17(22-23(4,5)6)16-12-11-14-9-7-8-10-15(14)13-16/h7-13,17H,1-6H3/t17-/m0/s1. The van der Waals surface area contributed by atoms with E-state index < -0.39 is 13.7 Å². The van der Waals surface area contributed by atoms with Crippen molar-refractivity contribution in [1.29, 1.82) is 0 Å². The molecule has 0 radical (unpaired) electrons. The molecule has 0 saturated heterocycles. The first-order chi connectivity index (χ1) is 10.6. The molecule has 0 fully saturated rings. The van der Waals surface area contributed by atoms with Crippen LogP contribution in [0.3, 0.4) is 0 Å². The van der Waals surface area contributed by atoms with Crippen molar-refractivity contribution in [2.24, 2.45) is 5.41 Å². The smallest absolute Gasteiger partial charge is 0.314 e. The number of carbonyl (C=O) groups is 1. The van der Waals surface area contributed by atoms with E-state index in [2.05, 4.69) is 50.0 Å². The number of rotatable bonds is 5. The molecular weight excluding hydrogens is 304 g/mol. The summed E-state index contributed by atoms with van der Waals surface area (Å²) in [5, 5.41) is 2.33. The van der Waals surface area contributed by atoms with Gasteiger partial charge in [-0.05, 0) is 55.9 Å². The summed E-state index contributed by atoms with van der Waals surface area (Å²) in [5.74, 6) is -0.256. The van der Waals surface area contributed by atoms with Crippen LogP contribution in [0.15, 0.2) is 42.5 Å². The Bertz CT molecular complexity index is 701. The first-order valence-corrected chi connectivity index (χ1v) is 11.3. The highest BCUT2D eigenvalue weighted by molar-refractivity contribution is 6.69. The number of ether oxygens (including phenoxy) is 1. The molecule has 1 atom stereocenters. The Balaban J connectivity index is 2.52. The minimum absolute atomic E-state index is 0.256. The number of hydrogen-bond donors (Lipinski definition) is 0. The third-order valence-electron chi connectivity index (χ3n) is 3.91. The Kier molecular flexibility index (Phi) is 4.97. The van der Waals surface area contributed by atoms with Gasteiger partial charge in [0.1, 0.15) is 0 Å². The number of benzene rings is 2. The van der Waals surface area contributed by atoms with Crippen LogP contribution in [-0.2, 0) is 14.0 Å². The van der Waals surface area contributed by atoms with E-state index in [4.69, 9.17) is 9.16 Å². The van der Waals surface area contributed by atoms with E-state index in [1.54, 1.807) is 0 Å². The Labute approximate surface area is 139 Å². The zero-order valence-electron chi connectivity index (χ0n) is 14.8. The summed E-state index contributed by atoms with van der Waals surface area (Å²) in [6.07, 6.45) is -0.328. The minimum Gasteiger partial charge on any atom is -0.469 e. The quantitative estimate of drug-likeness (QED) is 0.576. The molecule has 2 aromatic rings. The Hall–Kier alpha value is -1.65. The lowest BCUT2D eigenvalue weighted by atomic mass is 9.82. The van der Waals surface area contributed by atoms with Gasteiger partial charge in [0.2, 0.25) is 0 Å². The second kappa shape index (κ2) is 6.46. The molecule has 0 aliphatic rings. The zero-order chi connectivity index (χ0) is 17.3. The van der Waals surface area contributed by atoms with Gasteiger partial charge in [0.05, 0.1) is 18.6 Å². The largest absolute Gasteiger partial charge is 0.469 e. The zero-order valence-corrected chi connectivity index (χ0v) is 15.8.